The first-order chi connectivity index (χ1) is 9.43. The van der Waals surface area contributed by atoms with Gasteiger partial charge in [0.1, 0.15) is 5.78 Å². The summed E-state index contributed by atoms with van der Waals surface area (Å²) in [6.07, 6.45) is 0.571. The lowest BCUT2D eigenvalue weighted by atomic mass is 10.0. The van der Waals surface area contributed by atoms with E-state index in [1.54, 1.807) is 0 Å². The fourth-order valence-electron chi connectivity index (χ4n) is 1.42. The fourth-order valence-corrected chi connectivity index (χ4v) is 1.42. The Morgan fingerprint density at radius 3 is 2.20 bits per heavy atom. The normalized spacial score (nSPS) is 11.1. The van der Waals surface area contributed by atoms with Crippen molar-refractivity contribution < 1.29 is 19.1 Å². The molecule has 0 unspecified atom stereocenters. The third-order valence-electron chi connectivity index (χ3n) is 2.63. The first kappa shape index (κ1) is 19.1. The van der Waals surface area contributed by atoms with Crippen molar-refractivity contribution in [2.45, 2.75) is 40.5 Å². The summed E-state index contributed by atoms with van der Waals surface area (Å²) in [6.45, 7) is 10.7. The van der Waals surface area contributed by atoms with Crippen molar-refractivity contribution in [2.75, 3.05) is 33.0 Å². The van der Waals surface area contributed by atoms with Gasteiger partial charge >= 0.3 is 0 Å². The zero-order chi connectivity index (χ0) is 15.4. The van der Waals surface area contributed by atoms with E-state index in [1.165, 1.54) is 0 Å². The van der Waals surface area contributed by atoms with E-state index < -0.39 is 0 Å². The molecule has 0 aliphatic carbocycles. The summed E-state index contributed by atoms with van der Waals surface area (Å²) in [5.74, 6) is 0.553. The Morgan fingerprint density at radius 2 is 1.60 bits per heavy atom. The third kappa shape index (κ3) is 12.1. The second-order valence-corrected chi connectivity index (χ2v) is 5.55. The molecule has 0 aliphatic heterocycles. The van der Waals surface area contributed by atoms with Crippen molar-refractivity contribution in [3.63, 3.8) is 0 Å². The van der Waals surface area contributed by atoms with Crippen LogP contribution in [0.2, 0.25) is 0 Å². The van der Waals surface area contributed by atoms with Crippen molar-refractivity contribution in [1.29, 1.82) is 0 Å². The number of amides is 1. The molecule has 20 heavy (non-hydrogen) atoms. The minimum atomic E-state index is -0.0985. The van der Waals surface area contributed by atoms with E-state index in [4.69, 9.17) is 9.47 Å². The summed E-state index contributed by atoms with van der Waals surface area (Å²) in [4.78, 5) is 22.8. The van der Waals surface area contributed by atoms with Crippen LogP contribution in [0.1, 0.15) is 40.5 Å². The first-order valence-electron chi connectivity index (χ1n) is 7.38. The molecule has 118 valence electrons. The van der Waals surface area contributed by atoms with Gasteiger partial charge in [-0.05, 0) is 5.92 Å². The van der Waals surface area contributed by atoms with Crippen LogP contribution in [0.25, 0.3) is 0 Å². The van der Waals surface area contributed by atoms with E-state index in [0.29, 0.717) is 38.7 Å². The van der Waals surface area contributed by atoms with Crippen LogP contribution in [-0.2, 0) is 19.1 Å². The largest absolute Gasteiger partial charge is 0.379 e. The summed E-state index contributed by atoms with van der Waals surface area (Å²) in [5, 5.41) is 2.73. The summed E-state index contributed by atoms with van der Waals surface area (Å²) in [7, 11) is 0. The molecule has 5 heteroatoms. The standard InChI is InChI=1S/C15H29NO4/c1-12(2)11-20-10-9-19-8-7-16-15(18)6-5-14(17)13(3)4/h12-13H,5-11H2,1-4H3,(H,16,18). The van der Waals surface area contributed by atoms with Crippen LogP contribution >= 0.6 is 0 Å². The maximum absolute atomic E-state index is 11.4. The lowest BCUT2D eigenvalue weighted by Gasteiger charge is -2.08. The molecule has 0 heterocycles. The SMILES string of the molecule is CC(C)COCCOCCNC(=O)CCC(=O)C(C)C. The Labute approximate surface area is 122 Å². The van der Waals surface area contributed by atoms with E-state index in [0.717, 1.165) is 6.61 Å². The Hall–Kier alpha value is -0.940. The number of ketones is 1. The number of hydrogen-bond acceptors (Lipinski definition) is 4. The molecule has 0 atom stereocenters. The Morgan fingerprint density at radius 1 is 0.950 bits per heavy atom. The number of rotatable bonds is 12. The van der Waals surface area contributed by atoms with E-state index in [-0.39, 0.29) is 24.0 Å². The van der Waals surface area contributed by atoms with Crippen LogP contribution < -0.4 is 5.32 Å². The highest BCUT2D eigenvalue weighted by molar-refractivity contribution is 5.85. The Bertz CT molecular complexity index is 277. The molecule has 0 aromatic carbocycles. The lowest BCUT2D eigenvalue weighted by molar-refractivity contribution is -0.126. The van der Waals surface area contributed by atoms with Crippen molar-refractivity contribution >= 4 is 11.7 Å². The molecule has 0 aliphatic rings. The molecule has 0 bridgehead atoms. The predicted molar refractivity (Wildman–Crippen MR) is 78.6 cm³/mol. The van der Waals surface area contributed by atoms with E-state index >= 15 is 0 Å². The second kappa shape index (κ2) is 11.9. The van der Waals surface area contributed by atoms with Crippen molar-refractivity contribution in [3.8, 4) is 0 Å². The maximum atomic E-state index is 11.4. The van der Waals surface area contributed by atoms with Crippen LogP contribution in [0.4, 0.5) is 0 Å². The molecular weight excluding hydrogens is 258 g/mol. The molecule has 0 fully saturated rings. The Balaban J connectivity index is 3.34. The van der Waals surface area contributed by atoms with Crippen LogP contribution in [-0.4, -0.2) is 44.7 Å². The molecular formula is C15H29NO4. The molecule has 0 saturated heterocycles. The predicted octanol–water partition coefficient (Wildman–Crippen LogP) is 1.80. The van der Waals surface area contributed by atoms with Crippen LogP contribution in [0.5, 0.6) is 0 Å². The molecule has 1 N–H and O–H groups in total. The first-order valence-corrected chi connectivity index (χ1v) is 7.38. The summed E-state index contributed by atoms with van der Waals surface area (Å²) in [5.41, 5.74) is 0. The molecule has 0 rings (SSSR count). The second-order valence-electron chi connectivity index (χ2n) is 5.55. The quantitative estimate of drug-likeness (QED) is 0.556. The van der Waals surface area contributed by atoms with Gasteiger partial charge in [0.2, 0.25) is 5.91 Å². The van der Waals surface area contributed by atoms with E-state index in [9.17, 15) is 9.59 Å². The van der Waals surface area contributed by atoms with E-state index in [1.807, 2.05) is 13.8 Å². The average Bonchev–Trinajstić information content (AvgIpc) is 2.38. The number of carbonyl (C=O) groups is 2. The van der Waals surface area contributed by atoms with Gasteiger partial charge in [0.25, 0.3) is 0 Å². The van der Waals surface area contributed by atoms with Crippen molar-refractivity contribution in [3.05, 3.63) is 0 Å². The van der Waals surface area contributed by atoms with E-state index in [2.05, 4.69) is 19.2 Å². The van der Waals surface area contributed by atoms with Gasteiger partial charge in [-0.1, -0.05) is 27.7 Å². The van der Waals surface area contributed by atoms with Gasteiger partial charge in [0.15, 0.2) is 0 Å². The molecule has 1 amide bonds. The average molecular weight is 287 g/mol. The van der Waals surface area contributed by atoms with Gasteiger partial charge in [-0.15, -0.1) is 0 Å². The van der Waals surface area contributed by atoms with Gasteiger partial charge in [-0.2, -0.15) is 0 Å². The molecule has 5 nitrogen and oxygen atoms in total. The van der Waals surface area contributed by atoms with Gasteiger partial charge in [-0.3, -0.25) is 9.59 Å². The van der Waals surface area contributed by atoms with Crippen LogP contribution in [0, 0.1) is 11.8 Å². The number of carbonyl (C=O) groups excluding carboxylic acids is 2. The molecule has 0 radical (unpaired) electrons. The summed E-state index contributed by atoms with van der Waals surface area (Å²) >= 11 is 0. The van der Waals surface area contributed by atoms with Crippen LogP contribution in [0.3, 0.4) is 0 Å². The van der Waals surface area contributed by atoms with Gasteiger partial charge in [0, 0.05) is 31.9 Å². The third-order valence-corrected chi connectivity index (χ3v) is 2.63. The minimum absolute atomic E-state index is 0.00280. The molecule has 0 spiro atoms. The number of Topliss-reactive ketones (excluding diaryl/α,β-unsaturated/α-hetero) is 1. The Kier molecular flexibility index (Phi) is 11.3. The van der Waals surface area contributed by atoms with Crippen LogP contribution in [0.15, 0.2) is 0 Å². The smallest absolute Gasteiger partial charge is 0.220 e. The minimum Gasteiger partial charge on any atom is -0.379 e. The lowest BCUT2D eigenvalue weighted by Crippen LogP contribution is -2.28. The maximum Gasteiger partial charge on any atom is 0.220 e. The van der Waals surface area contributed by atoms with Gasteiger partial charge in [0.05, 0.1) is 19.8 Å². The highest BCUT2D eigenvalue weighted by Gasteiger charge is 2.09. The zero-order valence-electron chi connectivity index (χ0n) is 13.2. The van der Waals surface area contributed by atoms with Crippen molar-refractivity contribution in [1.82, 2.24) is 5.32 Å². The summed E-state index contributed by atoms with van der Waals surface area (Å²) < 4.78 is 10.7. The number of ether oxygens (including phenoxy) is 2. The zero-order valence-corrected chi connectivity index (χ0v) is 13.2. The summed E-state index contributed by atoms with van der Waals surface area (Å²) in [6, 6.07) is 0. The molecule has 0 aromatic heterocycles. The number of nitrogens with one attached hydrogen (secondary N) is 1. The number of hydrogen-bond donors (Lipinski definition) is 1. The van der Waals surface area contributed by atoms with Crippen molar-refractivity contribution in [2.24, 2.45) is 11.8 Å². The molecule has 0 saturated carbocycles. The fraction of sp³-hybridized carbons (Fsp3) is 0.867. The highest BCUT2D eigenvalue weighted by Crippen LogP contribution is 2.01. The van der Waals surface area contributed by atoms with Gasteiger partial charge < -0.3 is 14.8 Å². The highest BCUT2D eigenvalue weighted by atomic mass is 16.5. The molecule has 0 aromatic rings. The topological polar surface area (TPSA) is 64.6 Å². The van der Waals surface area contributed by atoms with Gasteiger partial charge in [-0.25, -0.2) is 0 Å². The monoisotopic (exact) mass is 287 g/mol.